The van der Waals surface area contributed by atoms with Gasteiger partial charge in [0.1, 0.15) is 5.82 Å². The van der Waals surface area contributed by atoms with Crippen LogP contribution < -0.4 is 0 Å². The smallest absolute Gasteiger partial charge is 0.372 e. The van der Waals surface area contributed by atoms with E-state index in [0.717, 1.165) is 43.6 Å². The van der Waals surface area contributed by atoms with Gasteiger partial charge in [0.05, 0.1) is 0 Å². The first kappa shape index (κ1) is 25.3. The number of methoxy groups -OCH3 is 1. The Morgan fingerprint density at radius 2 is 1.52 bits per heavy atom. The maximum absolute atomic E-state index is 14.8. The van der Waals surface area contributed by atoms with Gasteiger partial charge in [-0.05, 0) is 54.7 Å². The molecule has 2 aromatic rings. The lowest BCUT2D eigenvalue weighted by Gasteiger charge is -2.28. The number of ether oxygens (including phenoxy) is 1. The lowest BCUT2D eigenvalue weighted by Crippen LogP contribution is -2.32. The summed E-state index contributed by atoms with van der Waals surface area (Å²) in [6.45, 7) is 2.20. The predicted octanol–water partition coefficient (Wildman–Crippen LogP) is 8.39. The molecule has 2 aromatic carbocycles. The highest BCUT2D eigenvalue weighted by atomic mass is 19.4. The molecule has 0 spiro atoms. The van der Waals surface area contributed by atoms with Gasteiger partial charge in [-0.3, -0.25) is 0 Å². The summed E-state index contributed by atoms with van der Waals surface area (Å²) in [4.78, 5) is 0. The highest BCUT2D eigenvalue weighted by molar-refractivity contribution is 5.83. The highest BCUT2D eigenvalue weighted by Crippen LogP contribution is 2.38. The fourth-order valence-corrected chi connectivity index (χ4v) is 4.44. The summed E-state index contributed by atoms with van der Waals surface area (Å²) in [6.07, 6.45) is -1.95. The average Bonchev–Trinajstić information content (AvgIpc) is 2.81. The maximum Gasteiger partial charge on any atom is 0.414 e. The van der Waals surface area contributed by atoms with E-state index >= 15 is 0 Å². The van der Waals surface area contributed by atoms with Crippen molar-refractivity contribution in [3.63, 3.8) is 0 Å². The zero-order chi connectivity index (χ0) is 24.2. The molecule has 0 saturated heterocycles. The second-order valence-electron chi connectivity index (χ2n) is 8.65. The Morgan fingerprint density at radius 1 is 0.939 bits per heavy atom. The number of halogens is 6. The normalized spacial score (nSPS) is 21.0. The highest BCUT2D eigenvalue weighted by Gasteiger charge is 2.40. The van der Waals surface area contributed by atoms with Crippen LogP contribution >= 0.6 is 0 Å². The third-order valence-electron chi connectivity index (χ3n) is 6.61. The lowest BCUT2D eigenvalue weighted by molar-refractivity contribution is -0.212. The molecule has 1 fully saturated rings. The number of hydrogen-bond acceptors (Lipinski definition) is 1. The maximum atomic E-state index is 14.8. The standard InChI is InChI=1S/C26H28F6O/c1-3-16-4-6-17(7-5-16)18-8-10-19(11-9-18)24(28)25(29)21-13-12-20(22(27)14-21)15-23(33-2)26(30,31)32/h8-14,16-17,23H,3-7,15H2,1-2H3/b25-24-. The first-order valence-electron chi connectivity index (χ1n) is 11.2. The monoisotopic (exact) mass is 470 g/mol. The Labute approximate surface area is 190 Å². The quantitative estimate of drug-likeness (QED) is 0.292. The molecule has 33 heavy (non-hydrogen) atoms. The third-order valence-corrected chi connectivity index (χ3v) is 6.61. The molecule has 1 nitrogen and oxygen atoms in total. The second-order valence-corrected chi connectivity index (χ2v) is 8.65. The van der Waals surface area contributed by atoms with Gasteiger partial charge in [0.15, 0.2) is 17.8 Å². The molecular formula is C26H28F6O. The van der Waals surface area contributed by atoms with E-state index in [9.17, 15) is 26.3 Å². The molecule has 1 atom stereocenters. The van der Waals surface area contributed by atoms with Crippen LogP contribution in [-0.4, -0.2) is 19.4 Å². The third kappa shape index (κ3) is 6.19. The van der Waals surface area contributed by atoms with E-state index in [1.165, 1.54) is 31.4 Å². The molecule has 1 aliphatic rings. The van der Waals surface area contributed by atoms with E-state index in [2.05, 4.69) is 11.7 Å². The van der Waals surface area contributed by atoms with Gasteiger partial charge in [0.25, 0.3) is 0 Å². The molecule has 0 N–H and O–H groups in total. The fraction of sp³-hybridized carbons (Fsp3) is 0.462. The summed E-state index contributed by atoms with van der Waals surface area (Å²) >= 11 is 0. The topological polar surface area (TPSA) is 9.23 Å². The minimum atomic E-state index is -4.67. The summed E-state index contributed by atoms with van der Waals surface area (Å²) in [6, 6.07) is 9.40. The van der Waals surface area contributed by atoms with Crippen LogP contribution in [0, 0.1) is 11.7 Å². The Bertz CT molecular complexity index is 956. The van der Waals surface area contributed by atoms with Crippen LogP contribution in [-0.2, 0) is 11.2 Å². The average molecular weight is 470 g/mol. The van der Waals surface area contributed by atoms with Gasteiger partial charge in [0, 0.05) is 24.7 Å². The van der Waals surface area contributed by atoms with Crippen LogP contribution in [0.3, 0.4) is 0 Å². The number of hydrogen-bond donors (Lipinski definition) is 0. The van der Waals surface area contributed by atoms with E-state index in [-0.39, 0.29) is 16.7 Å². The molecule has 0 radical (unpaired) electrons. The van der Waals surface area contributed by atoms with E-state index in [1.807, 2.05) is 0 Å². The van der Waals surface area contributed by atoms with Crippen molar-refractivity contribution in [2.75, 3.05) is 7.11 Å². The van der Waals surface area contributed by atoms with Crippen LogP contribution in [0.5, 0.6) is 0 Å². The molecule has 0 heterocycles. The van der Waals surface area contributed by atoms with Gasteiger partial charge in [-0.1, -0.05) is 49.7 Å². The van der Waals surface area contributed by atoms with Crippen molar-refractivity contribution in [2.24, 2.45) is 5.92 Å². The van der Waals surface area contributed by atoms with E-state index in [4.69, 9.17) is 0 Å². The largest absolute Gasteiger partial charge is 0.414 e. The van der Waals surface area contributed by atoms with Crippen LogP contribution in [0.4, 0.5) is 26.3 Å². The van der Waals surface area contributed by atoms with Crippen LogP contribution in [0.15, 0.2) is 42.5 Å². The summed E-state index contributed by atoms with van der Waals surface area (Å²) in [5, 5.41) is 0. The van der Waals surface area contributed by atoms with Crippen molar-refractivity contribution in [1.29, 1.82) is 0 Å². The molecule has 1 unspecified atom stereocenters. The van der Waals surface area contributed by atoms with E-state index < -0.39 is 36.2 Å². The molecule has 180 valence electrons. The number of alkyl halides is 3. The molecule has 0 aromatic heterocycles. The Kier molecular flexibility index (Phi) is 8.27. The van der Waals surface area contributed by atoms with E-state index in [1.54, 1.807) is 12.1 Å². The zero-order valence-corrected chi connectivity index (χ0v) is 18.7. The predicted molar refractivity (Wildman–Crippen MR) is 117 cm³/mol. The molecule has 7 heteroatoms. The summed E-state index contributed by atoms with van der Waals surface area (Å²) in [5.41, 5.74) is 0.448. The first-order chi connectivity index (χ1) is 15.6. The lowest BCUT2D eigenvalue weighted by atomic mass is 9.78. The van der Waals surface area contributed by atoms with Gasteiger partial charge in [-0.2, -0.15) is 13.2 Å². The van der Waals surface area contributed by atoms with Gasteiger partial charge in [0.2, 0.25) is 0 Å². The van der Waals surface area contributed by atoms with Gasteiger partial charge < -0.3 is 4.74 Å². The summed E-state index contributed by atoms with van der Waals surface area (Å²) < 4.78 is 86.7. The second kappa shape index (κ2) is 10.8. The van der Waals surface area contributed by atoms with Crippen LogP contribution in [0.2, 0.25) is 0 Å². The van der Waals surface area contributed by atoms with Crippen molar-refractivity contribution in [2.45, 2.75) is 63.6 Å². The van der Waals surface area contributed by atoms with Crippen molar-refractivity contribution < 1.29 is 31.1 Å². The number of benzene rings is 2. The molecule has 0 amide bonds. The molecule has 3 rings (SSSR count). The minimum Gasteiger partial charge on any atom is -0.372 e. The van der Waals surface area contributed by atoms with Gasteiger partial charge in [-0.15, -0.1) is 0 Å². The SMILES string of the molecule is CCC1CCC(c2ccc(/C(F)=C(/F)c3ccc(CC(OC)C(F)(F)F)c(F)c3)cc2)CC1. The molecule has 1 saturated carbocycles. The van der Waals surface area contributed by atoms with Crippen molar-refractivity contribution >= 4 is 11.7 Å². The summed E-state index contributed by atoms with van der Waals surface area (Å²) in [7, 11) is 0.879. The summed E-state index contributed by atoms with van der Waals surface area (Å²) in [5.74, 6) is -2.30. The zero-order valence-electron chi connectivity index (χ0n) is 18.7. The van der Waals surface area contributed by atoms with Crippen LogP contribution in [0.1, 0.15) is 67.2 Å². The fourth-order valence-electron chi connectivity index (χ4n) is 4.44. The van der Waals surface area contributed by atoms with Crippen molar-refractivity contribution in [3.8, 4) is 0 Å². The molecule has 1 aliphatic carbocycles. The Morgan fingerprint density at radius 3 is 2.03 bits per heavy atom. The Balaban J connectivity index is 1.75. The van der Waals surface area contributed by atoms with E-state index in [0.29, 0.717) is 12.0 Å². The molecular weight excluding hydrogens is 442 g/mol. The van der Waals surface area contributed by atoms with Gasteiger partial charge >= 0.3 is 6.18 Å². The number of rotatable bonds is 7. The Hall–Kier alpha value is -2.28. The van der Waals surface area contributed by atoms with Crippen LogP contribution in [0.25, 0.3) is 11.7 Å². The first-order valence-corrected chi connectivity index (χ1v) is 11.2. The molecule has 0 bridgehead atoms. The van der Waals surface area contributed by atoms with Gasteiger partial charge in [-0.25, -0.2) is 13.2 Å². The minimum absolute atomic E-state index is 0.0273. The van der Waals surface area contributed by atoms with Crippen molar-refractivity contribution in [1.82, 2.24) is 0 Å². The van der Waals surface area contributed by atoms with Crippen molar-refractivity contribution in [3.05, 3.63) is 70.5 Å². The molecule has 0 aliphatic heterocycles.